The van der Waals surface area contributed by atoms with E-state index in [1.165, 1.54) is 17.5 Å². The predicted octanol–water partition coefficient (Wildman–Crippen LogP) is 2.47. The molecule has 1 aliphatic heterocycles. The molecule has 1 aliphatic rings. The molecule has 0 bridgehead atoms. The zero-order chi connectivity index (χ0) is 12.1. The summed E-state index contributed by atoms with van der Waals surface area (Å²) in [5.41, 5.74) is 2.66. The fraction of sp³-hybridized carbons (Fsp3) is 0.643. The first-order valence-corrected chi connectivity index (χ1v) is 6.53. The summed E-state index contributed by atoms with van der Waals surface area (Å²) in [5, 5.41) is 3.57. The third kappa shape index (κ3) is 3.27. The van der Waals surface area contributed by atoms with Crippen LogP contribution in [0.1, 0.15) is 36.9 Å². The first-order chi connectivity index (χ1) is 8.31. The number of rotatable bonds is 5. The van der Waals surface area contributed by atoms with Crippen molar-refractivity contribution in [2.75, 3.05) is 19.8 Å². The van der Waals surface area contributed by atoms with Gasteiger partial charge in [-0.15, -0.1) is 0 Å². The zero-order valence-corrected chi connectivity index (χ0v) is 10.8. The predicted molar refractivity (Wildman–Crippen MR) is 68.9 cm³/mol. The number of nitrogens with one attached hydrogen (secondary N) is 1. The van der Waals surface area contributed by atoms with E-state index in [4.69, 9.17) is 4.74 Å². The van der Waals surface area contributed by atoms with Crippen LogP contribution in [-0.4, -0.2) is 24.7 Å². The van der Waals surface area contributed by atoms with Crippen LogP contribution in [0.15, 0.2) is 18.5 Å². The molecule has 0 amide bonds. The molecule has 0 radical (unpaired) electrons. The molecule has 1 N–H and O–H groups in total. The van der Waals surface area contributed by atoms with Crippen molar-refractivity contribution in [2.24, 2.45) is 5.92 Å². The van der Waals surface area contributed by atoms with Crippen LogP contribution < -0.4 is 5.32 Å². The van der Waals surface area contributed by atoms with E-state index < -0.39 is 0 Å². The normalized spacial score (nSPS) is 21.6. The highest BCUT2D eigenvalue weighted by Gasteiger charge is 2.22. The van der Waals surface area contributed by atoms with Crippen molar-refractivity contribution in [1.29, 1.82) is 0 Å². The lowest BCUT2D eigenvalue weighted by Gasteiger charge is -2.22. The van der Waals surface area contributed by atoms with Crippen molar-refractivity contribution < 1.29 is 4.74 Å². The van der Waals surface area contributed by atoms with Crippen LogP contribution in [0.4, 0.5) is 0 Å². The van der Waals surface area contributed by atoms with Crippen LogP contribution >= 0.6 is 0 Å². The summed E-state index contributed by atoms with van der Waals surface area (Å²) >= 11 is 0. The molecular weight excluding hydrogens is 212 g/mol. The van der Waals surface area contributed by atoms with Crippen LogP contribution in [0.2, 0.25) is 0 Å². The molecule has 2 atom stereocenters. The lowest BCUT2D eigenvalue weighted by Crippen LogP contribution is -2.24. The van der Waals surface area contributed by atoms with Gasteiger partial charge in [-0.1, -0.05) is 6.92 Å². The highest BCUT2D eigenvalue weighted by Crippen LogP contribution is 2.27. The van der Waals surface area contributed by atoms with Gasteiger partial charge in [-0.25, -0.2) is 0 Å². The molecule has 2 rings (SSSR count). The molecule has 17 heavy (non-hydrogen) atoms. The Kier molecular flexibility index (Phi) is 4.51. The van der Waals surface area contributed by atoms with Crippen LogP contribution in [0.5, 0.6) is 0 Å². The van der Waals surface area contributed by atoms with Crippen molar-refractivity contribution in [2.45, 2.75) is 32.7 Å². The van der Waals surface area contributed by atoms with Crippen molar-refractivity contribution in [3.05, 3.63) is 29.6 Å². The highest BCUT2D eigenvalue weighted by molar-refractivity contribution is 5.25. The van der Waals surface area contributed by atoms with Gasteiger partial charge in [0.05, 0.1) is 0 Å². The highest BCUT2D eigenvalue weighted by atomic mass is 16.5. The van der Waals surface area contributed by atoms with Gasteiger partial charge in [0.25, 0.3) is 0 Å². The van der Waals surface area contributed by atoms with Crippen LogP contribution in [0.25, 0.3) is 0 Å². The number of ether oxygens (including phenoxy) is 1. The second kappa shape index (κ2) is 6.12. The van der Waals surface area contributed by atoms with Gasteiger partial charge in [0.15, 0.2) is 0 Å². The molecular formula is C14H22N2O. The van der Waals surface area contributed by atoms with Gasteiger partial charge in [-0.3, -0.25) is 4.98 Å². The van der Waals surface area contributed by atoms with E-state index in [0.29, 0.717) is 12.0 Å². The van der Waals surface area contributed by atoms with Crippen LogP contribution in [0.3, 0.4) is 0 Å². The van der Waals surface area contributed by atoms with Crippen molar-refractivity contribution >= 4 is 0 Å². The lowest BCUT2D eigenvalue weighted by atomic mass is 9.93. The Hall–Kier alpha value is -0.930. The topological polar surface area (TPSA) is 34.1 Å². The Morgan fingerprint density at radius 3 is 3.12 bits per heavy atom. The van der Waals surface area contributed by atoms with E-state index in [1.54, 1.807) is 0 Å². The van der Waals surface area contributed by atoms with Crippen molar-refractivity contribution in [3.8, 4) is 0 Å². The molecule has 3 heteroatoms. The maximum atomic E-state index is 5.46. The first-order valence-electron chi connectivity index (χ1n) is 6.53. The maximum absolute atomic E-state index is 5.46. The molecule has 0 aliphatic carbocycles. The summed E-state index contributed by atoms with van der Waals surface area (Å²) in [7, 11) is 0. The summed E-state index contributed by atoms with van der Waals surface area (Å²) in [6.45, 7) is 7.15. The molecule has 0 saturated carbocycles. The summed E-state index contributed by atoms with van der Waals surface area (Å²) < 4.78 is 5.46. The number of pyridine rings is 1. The number of hydrogen-bond donors (Lipinski definition) is 1. The fourth-order valence-electron chi connectivity index (χ4n) is 2.51. The number of nitrogens with zero attached hydrogens (tertiary/aromatic N) is 1. The summed E-state index contributed by atoms with van der Waals surface area (Å²) in [6.07, 6.45) is 6.21. The minimum Gasteiger partial charge on any atom is -0.381 e. The van der Waals surface area contributed by atoms with E-state index in [1.807, 2.05) is 12.4 Å². The van der Waals surface area contributed by atoms with E-state index in [2.05, 4.69) is 30.2 Å². The van der Waals surface area contributed by atoms with Crippen LogP contribution in [0, 0.1) is 12.8 Å². The van der Waals surface area contributed by atoms with Gasteiger partial charge in [-0.05, 0) is 49.4 Å². The zero-order valence-electron chi connectivity index (χ0n) is 10.8. The Labute approximate surface area is 104 Å². The maximum Gasteiger partial charge on any atom is 0.0495 e. The molecule has 1 aromatic rings. The first kappa shape index (κ1) is 12.5. The van der Waals surface area contributed by atoms with Crippen molar-refractivity contribution in [1.82, 2.24) is 10.3 Å². The standard InChI is InChI=1S/C14H22N2O/c1-3-16-14(8-12-5-7-17-10-12)13-9-15-6-4-11(13)2/h4,6,9,12,14,16H,3,5,7-8,10H2,1-2H3. The Morgan fingerprint density at radius 1 is 1.59 bits per heavy atom. The molecule has 1 fully saturated rings. The SMILES string of the molecule is CCNC(CC1CCOC1)c1cnccc1C. The molecule has 1 saturated heterocycles. The monoisotopic (exact) mass is 234 g/mol. The van der Waals surface area contributed by atoms with E-state index in [0.717, 1.165) is 26.2 Å². The molecule has 0 spiro atoms. The van der Waals surface area contributed by atoms with Gasteiger partial charge in [-0.2, -0.15) is 0 Å². The Bertz CT molecular complexity index is 348. The van der Waals surface area contributed by atoms with Crippen molar-refractivity contribution in [3.63, 3.8) is 0 Å². The van der Waals surface area contributed by atoms with Gasteiger partial charge >= 0.3 is 0 Å². The van der Waals surface area contributed by atoms with E-state index in [9.17, 15) is 0 Å². The third-order valence-electron chi connectivity index (χ3n) is 3.50. The molecule has 3 nitrogen and oxygen atoms in total. The average Bonchev–Trinajstić information content (AvgIpc) is 2.82. The second-order valence-electron chi connectivity index (χ2n) is 4.81. The Morgan fingerprint density at radius 2 is 2.47 bits per heavy atom. The number of aromatic nitrogens is 1. The molecule has 2 unspecified atom stereocenters. The summed E-state index contributed by atoms with van der Waals surface area (Å²) in [5.74, 6) is 0.693. The second-order valence-corrected chi connectivity index (χ2v) is 4.81. The van der Waals surface area contributed by atoms with Gasteiger partial charge in [0.1, 0.15) is 0 Å². The Balaban J connectivity index is 2.08. The van der Waals surface area contributed by atoms with Crippen LogP contribution in [-0.2, 0) is 4.74 Å². The summed E-state index contributed by atoms with van der Waals surface area (Å²) in [4.78, 5) is 4.25. The van der Waals surface area contributed by atoms with E-state index in [-0.39, 0.29) is 0 Å². The quantitative estimate of drug-likeness (QED) is 0.850. The molecule has 1 aromatic heterocycles. The minimum atomic E-state index is 0.417. The average molecular weight is 234 g/mol. The fourth-order valence-corrected chi connectivity index (χ4v) is 2.51. The van der Waals surface area contributed by atoms with Gasteiger partial charge in [0.2, 0.25) is 0 Å². The molecule has 0 aromatic carbocycles. The lowest BCUT2D eigenvalue weighted by molar-refractivity contribution is 0.181. The van der Waals surface area contributed by atoms with E-state index >= 15 is 0 Å². The number of aryl methyl sites for hydroxylation is 1. The summed E-state index contributed by atoms with van der Waals surface area (Å²) in [6, 6.07) is 2.51. The third-order valence-corrected chi connectivity index (χ3v) is 3.50. The van der Waals surface area contributed by atoms with Gasteiger partial charge in [0, 0.05) is 31.6 Å². The molecule has 2 heterocycles. The minimum absolute atomic E-state index is 0.417. The largest absolute Gasteiger partial charge is 0.381 e. The number of hydrogen-bond acceptors (Lipinski definition) is 3. The van der Waals surface area contributed by atoms with Gasteiger partial charge < -0.3 is 10.1 Å². The molecule has 94 valence electrons. The smallest absolute Gasteiger partial charge is 0.0495 e.